The van der Waals surface area contributed by atoms with Crippen molar-refractivity contribution in [3.8, 4) is 17.4 Å². The first kappa shape index (κ1) is 21.4. The molecule has 32 heavy (non-hydrogen) atoms. The smallest absolute Gasteiger partial charge is 0.258 e. The van der Waals surface area contributed by atoms with Crippen molar-refractivity contribution in [3.05, 3.63) is 78.8 Å². The van der Waals surface area contributed by atoms with E-state index < -0.39 is 0 Å². The molecule has 0 bridgehead atoms. The van der Waals surface area contributed by atoms with Crippen molar-refractivity contribution in [3.63, 3.8) is 0 Å². The number of carbonyl (C=O) groups excluding carboxylic acids is 1. The van der Waals surface area contributed by atoms with Crippen molar-refractivity contribution in [1.29, 1.82) is 0 Å². The lowest BCUT2D eigenvalue weighted by atomic mass is 10.0. The summed E-state index contributed by atoms with van der Waals surface area (Å²) in [7, 11) is 0. The van der Waals surface area contributed by atoms with Crippen LogP contribution in [0, 0.1) is 5.92 Å². The lowest BCUT2D eigenvalue weighted by Gasteiger charge is -2.19. The second-order valence-corrected chi connectivity index (χ2v) is 7.92. The lowest BCUT2D eigenvalue weighted by Crippen LogP contribution is -2.34. The zero-order valence-corrected chi connectivity index (χ0v) is 18.1. The van der Waals surface area contributed by atoms with Gasteiger partial charge in [0.15, 0.2) is 6.61 Å². The van der Waals surface area contributed by atoms with Gasteiger partial charge in [-0.3, -0.25) is 4.79 Å². The third-order valence-corrected chi connectivity index (χ3v) is 4.83. The van der Waals surface area contributed by atoms with Gasteiger partial charge in [0.2, 0.25) is 5.88 Å². The Morgan fingerprint density at radius 3 is 2.47 bits per heavy atom. The molecule has 0 radical (unpaired) electrons. The first-order valence-electron chi connectivity index (χ1n) is 10.6. The normalized spacial score (nSPS) is 12.0. The van der Waals surface area contributed by atoms with Crippen LogP contribution in [0.4, 0.5) is 0 Å². The summed E-state index contributed by atoms with van der Waals surface area (Å²) in [5.41, 5.74) is 1.84. The van der Waals surface area contributed by atoms with E-state index >= 15 is 0 Å². The van der Waals surface area contributed by atoms with Crippen LogP contribution in [0.1, 0.15) is 32.1 Å². The molecular weight excluding hydrogens is 404 g/mol. The topological polar surface area (TPSA) is 89.1 Å². The van der Waals surface area contributed by atoms with Crippen LogP contribution in [0.3, 0.4) is 0 Å². The summed E-state index contributed by atoms with van der Waals surface area (Å²) < 4.78 is 11.3. The predicted octanol–water partition coefficient (Wildman–Crippen LogP) is 5.03. The van der Waals surface area contributed by atoms with Gasteiger partial charge in [0.05, 0.1) is 17.1 Å². The van der Waals surface area contributed by atoms with Crippen LogP contribution in [0.2, 0.25) is 0 Å². The van der Waals surface area contributed by atoms with Crippen LogP contribution >= 0.6 is 0 Å². The van der Waals surface area contributed by atoms with Gasteiger partial charge in [0.1, 0.15) is 17.3 Å². The maximum absolute atomic E-state index is 12.6. The van der Waals surface area contributed by atoms with E-state index in [4.69, 9.17) is 9.47 Å². The van der Waals surface area contributed by atoms with Gasteiger partial charge < -0.3 is 19.8 Å². The third-order valence-electron chi connectivity index (χ3n) is 4.83. The molecule has 4 aromatic rings. The molecule has 2 N–H and O–H groups in total. The minimum Gasteiger partial charge on any atom is -0.484 e. The van der Waals surface area contributed by atoms with E-state index in [0.717, 1.165) is 23.3 Å². The highest BCUT2D eigenvalue weighted by molar-refractivity contribution is 5.78. The first-order chi connectivity index (χ1) is 15.6. The van der Waals surface area contributed by atoms with Crippen molar-refractivity contribution in [1.82, 2.24) is 20.3 Å². The minimum absolute atomic E-state index is 0.0880. The van der Waals surface area contributed by atoms with Crippen LogP contribution in [0.25, 0.3) is 11.0 Å². The number of amides is 1. The van der Waals surface area contributed by atoms with Gasteiger partial charge in [-0.25, -0.2) is 9.97 Å². The predicted molar refractivity (Wildman–Crippen MR) is 123 cm³/mol. The van der Waals surface area contributed by atoms with Gasteiger partial charge in [0, 0.05) is 12.3 Å². The summed E-state index contributed by atoms with van der Waals surface area (Å²) in [6.45, 7) is 4.15. The highest BCUT2D eigenvalue weighted by Crippen LogP contribution is 2.23. The lowest BCUT2D eigenvalue weighted by molar-refractivity contribution is -0.124. The molecule has 0 fully saturated rings. The van der Waals surface area contributed by atoms with Gasteiger partial charge in [-0.2, -0.15) is 0 Å². The molecule has 0 saturated heterocycles. The van der Waals surface area contributed by atoms with E-state index in [1.165, 1.54) is 0 Å². The molecule has 0 aliphatic carbocycles. The largest absolute Gasteiger partial charge is 0.484 e. The van der Waals surface area contributed by atoms with Crippen LogP contribution in [-0.2, 0) is 4.79 Å². The van der Waals surface area contributed by atoms with Crippen molar-refractivity contribution < 1.29 is 14.3 Å². The number of carbonyl (C=O) groups is 1. The van der Waals surface area contributed by atoms with E-state index in [-0.39, 0.29) is 18.6 Å². The number of rotatable bonds is 9. The Hall–Kier alpha value is -3.87. The number of imidazole rings is 1. The van der Waals surface area contributed by atoms with Crippen molar-refractivity contribution in [2.45, 2.75) is 26.3 Å². The minimum atomic E-state index is -0.215. The number of aromatic amines is 1. The maximum Gasteiger partial charge on any atom is 0.258 e. The molecule has 7 heteroatoms. The van der Waals surface area contributed by atoms with E-state index in [0.29, 0.717) is 23.3 Å². The van der Waals surface area contributed by atoms with Crippen molar-refractivity contribution in [2.75, 3.05) is 6.61 Å². The molecule has 0 saturated carbocycles. The molecule has 7 nitrogen and oxygen atoms in total. The summed E-state index contributed by atoms with van der Waals surface area (Å²) >= 11 is 0. The van der Waals surface area contributed by atoms with E-state index in [1.54, 1.807) is 36.5 Å². The number of hydrogen-bond acceptors (Lipinski definition) is 5. The molecule has 164 valence electrons. The average Bonchev–Trinajstić information content (AvgIpc) is 3.23. The Morgan fingerprint density at radius 2 is 1.75 bits per heavy atom. The molecule has 0 spiro atoms. The average molecular weight is 431 g/mol. The highest BCUT2D eigenvalue weighted by atomic mass is 16.5. The SMILES string of the molecule is CC(C)CC(NC(=O)COc1ccc(Oc2ccccn2)cc1)c1nc2ccccc2[nH]1. The molecule has 1 unspecified atom stereocenters. The molecule has 2 aromatic heterocycles. The highest BCUT2D eigenvalue weighted by Gasteiger charge is 2.20. The summed E-state index contributed by atoms with van der Waals surface area (Å²) in [6, 6.07) is 20.2. The molecular formula is C25H26N4O3. The Bertz CT molecular complexity index is 1120. The van der Waals surface area contributed by atoms with Gasteiger partial charge in [0.25, 0.3) is 5.91 Å². The van der Waals surface area contributed by atoms with Gasteiger partial charge in [-0.1, -0.05) is 32.0 Å². The fourth-order valence-electron chi connectivity index (χ4n) is 3.36. The van der Waals surface area contributed by atoms with Crippen molar-refractivity contribution in [2.24, 2.45) is 5.92 Å². The monoisotopic (exact) mass is 430 g/mol. The number of fused-ring (bicyclic) bond motifs is 1. The number of aromatic nitrogens is 3. The summed E-state index contributed by atoms with van der Waals surface area (Å²) in [5.74, 6) is 2.68. The number of ether oxygens (including phenoxy) is 2. The van der Waals surface area contributed by atoms with Crippen LogP contribution < -0.4 is 14.8 Å². The maximum atomic E-state index is 12.6. The molecule has 4 rings (SSSR count). The molecule has 0 aliphatic rings. The second-order valence-electron chi connectivity index (χ2n) is 7.92. The molecule has 1 amide bonds. The Morgan fingerprint density at radius 1 is 1.00 bits per heavy atom. The first-order valence-corrected chi connectivity index (χ1v) is 10.6. The standard InChI is InChI=1S/C25H26N4O3/c1-17(2)15-22(25-28-20-7-3-4-8-21(20)29-25)27-23(30)16-31-18-10-12-19(13-11-18)32-24-9-5-6-14-26-24/h3-14,17,22H,15-16H2,1-2H3,(H,27,30)(H,28,29). The molecule has 2 heterocycles. The zero-order valence-electron chi connectivity index (χ0n) is 18.1. The number of nitrogens with one attached hydrogen (secondary N) is 2. The number of benzene rings is 2. The van der Waals surface area contributed by atoms with E-state index in [1.807, 2.05) is 36.4 Å². The third kappa shape index (κ3) is 5.63. The second kappa shape index (κ2) is 9.96. The number of pyridine rings is 1. The van der Waals surface area contributed by atoms with Gasteiger partial charge in [-0.15, -0.1) is 0 Å². The van der Waals surface area contributed by atoms with Crippen LogP contribution in [0.15, 0.2) is 72.9 Å². The van der Waals surface area contributed by atoms with Gasteiger partial charge in [-0.05, 0) is 54.8 Å². The number of nitrogens with zero attached hydrogens (tertiary/aromatic N) is 2. The quantitative estimate of drug-likeness (QED) is 0.389. The molecule has 1 atom stereocenters. The number of H-pyrrole nitrogens is 1. The molecule has 2 aromatic carbocycles. The Kier molecular flexibility index (Phi) is 6.65. The van der Waals surface area contributed by atoms with E-state index in [9.17, 15) is 4.79 Å². The fourth-order valence-corrected chi connectivity index (χ4v) is 3.36. The number of hydrogen-bond donors (Lipinski definition) is 2. The molecule has 0 aliphatic heterocycles. The Balaban J connectivity index is 1.34. The van der Waals surface area contributed by atoms with Gasteiger partial charge >= 0.3 is 0 Å². The van der Waals surface area contributed by atoms with Crippen LogP contribution in [0.5, 0.6) is 17.4 Å². The zero-order chi connectivity index (χ0) is 22.3. The summed E-state index contributed by atoms with van der Waals surface area (Å²) in [4.78, 5) is 24.7. The van der Waals surface area contributed by atoms with Crippen LogP contribution in [-0.4, -0.2) is 27.5 Å². The van der Waals surface area contributed by atoms with Crippen molar-refractivity contribution >= 4 is 16.9 Å². The summed E-state index contributed by atoms with van der Waals surface area (Å²) in [5, 5.41) is 3.05. The number of para-hydroxylation sites is 2. The Labute approximate surface area is 186 Å². The van der Waals surface area contributed by atoms with E-state index in [2.05, 4.69) is 34.1 Å². The fraction of sp³-hybridized carbons (Fsp3) is 0.240. The summed E-state index contributed by atoms with van der Waals surface area (Å²) in [6.07, 6.45) is 2.44.